The van der Waals surface area contributed by atoms with E-state index in [0.717, 1.165) is 30.3 Å². The number of nitrogens with one attached hydrogen (secondary N) is 1. The number of carbonyl (C=O) groups excluding carboxylic acids is 1. The van der Waals surface area contributed by atoms with Gasteiger partial charge in [-0.2, -0.15) is 30.4 Å². The molecule has 0 saturated heterocycles. The number of azo groups is 2. The Balaban J connectivity index is 1.66. The van der Waals surface area contributed by atoms with Gasteiger partial charge in [0.25, 0.3) is 30.4 Å². The zero-order valence-electron chi connectivity index (χ0n) is 23.2. The molecule has 0 fully saturated rings. The molecule has 0 aromatic heterocycles. The molecule has 0 aliphatic rings. The number of hydrogen-bond donors (Lipinski definition) is 6. The fourth-order valence-electron chi connectivity index (χ4n) is 4.39. The molecule has 0 saturated carbocycles. The highest BCUT2D eigenvalue weighted by molar-refractivity contribution is 7.86. The quantitative estimate of drug-likeness (QED) is 0.0835. The van der Waals surface area contributed by atoms with Crippen LogP contribution in [0.1, 0.15) is 0 Å². The molecule has 2 amide bonds. The lowest BCUT2D eigenvalue weighted by Crippen LogP contribution is -2.19. The van der Waals surface area contributed by atoms with Crippen LogP contribution in [0.4, 0.5) is 33.2 Å². The molecule has 20 heteroatoms. The lowest BCUT2D eigenvalue weighted by atomic mass is 10.1. The molecule has 5 aromatic rings. The molecule has 242 valence electrons. The minimum Gasteiger partial charge on any atom is -0.505 e. The Morgan fingerprint density at radius 3 is 1.81 bits per heavy atom. The van der Waals surface area contributed by atoms with Gasteiger partial charge < -0.3 is 16.2 Å². The molecule has 0 aliphatic carbocycles. The van der Waals surface area contributed by atoms with E-state index in [2.05, 4.69) is 25.8 Å². The van der Waals surface area contributed by atoms with Gasteiger partial charge in [-0.25, -0.2) is 4.79 Å². The number of hydrogen-bond acceptors (Lipinski definition) is 12. The number of urea groups is 1. The summed E-state index contributed by atoms with van der Waals surface area (Å²) in [5.41, 5.74) is 4.80. The van der Waals surface area contributed by atoms with Crippen molar-refractivity contribution in [2.24, 2.45) is 26.2 Å². The Labute approximate surface area is 265 Å². The first-order chi connectivity index (χ1) is 21.9. The van der Waals surface area contributed by atoms with Crippen LogP contribution in [0, 0.1) is 0 Å². The number of phenols is 1. The van der Waals surface area contributed by atoms with Crippen molar-refractivity contribution >= 4 is 86.4 Å². The van der Waals surface area contributed by atoms with E-state index in [4.69, 9.17) is 10.3 Å². The molecule has 0 aliphatic heterocycles. The van der Waals surface area contributed by atoms with Crippen molar-refractivity contribution in [3.8, 4) is 5.75 Å². The van der Waals surface area contributed by atoms with Crippen LogP contribution in [0.3, 0.4) is 0 Å². The summed E-state index contributed by atoms with van der Waals surface area (Å²) in [5.74, 6) is -0.750. The number of carbonyl (C=O) groups is 1. The first kappa shape index (κ1) is 33.0. The number of nitrogens with two attached hydrogens (primary N) is 1. The summed E-state index contributed by atoms with van der Waals surface area (Å²) in [6, 6.07) is 14.9. The number of primary amides is 1. The third-order valence-corrected chi connectivity index (χ3v) is 9.09. The van der Waals surface area contributed by atoms with Crippen molar-refractivity contribution < 1.29 is 48.8 Å². The molecular weight excluding hydrogens is 681 g/mol. The highest BCUT2D eigenvalue weighted by atomic mass is 32.2. The van der Waals surface area contributed by atoms with E-state index in [-0.39, 0.29) is 49.2 Å². The van der Waals surface area contributed by atoms with Crippen molar-refractivity contribution in [2.75, 3.05) is 5.32 Å². The highest BCUT2D eigenvalue weighted by Crippen LogP contribution is 2.43. The van der Waals surface area contributed by atoms with Crippen LogP contribution in [-0.4, -0.2) is 50.0 Å². The fourth-order valence-corrected chi connectivity index (χ4v) is 6.03. The van der Waals surface area contributed by atoms with Crippen molar-refractivity contribution in [3.63, 3.8) is 0 Å². The third kappa shape index (κ3) is 7.22. The van der Waals surface area contributed by atoms with Crippen molar-refractivity contribution in [2.45, 2.75) is 14.7 Å². The molecule has 0 heterocycles. The summed E-state index contributed by atoms with van der Waals surface area (Å²) in [7, 11) is -14.1. The second kappa shape index (κ2) is 12.1. The lowest BCUT2D eigenvalue weighted by Gasteiger charge is -2.11. The predicted molar refractivity (Wildman–Crippen MR) is 167 cm³/mol. The smallest absolute Gasteiger partial charge is 0.316 e. The Kier molecular flexibility index (Phi) is 8.49. The molecule has 0 radical (unpaired) electrons. The summed E-state index contributed by atoms with van der Waals surface area (Å²) >= 11 is 0. The van der Waals surface area contributed by atoms with Gasteiger partial charge in [0, 0.05) is 21.8 Å². The Morgan fingerprint density at radius 1 is 0.617 bits per heavy atom. The zero-order valence-corrected chi connectivity index (χ0v) is 25.7. The van der Waals surface area contributed by atoms with Gasteiger partial charge in [-0.3, -0.25) is 13.7 Å². The summed E-state index contributed by atoms with van der Waals surface area (Å²) in [4.78, 5) is 9.55. The minimum atomic E-state index is -4.99. The van der Waals surface area contributed by atoms with Crippen LogP contribution in [0.5, 0.6) is 5.75 Å². The Morgan fingerprint density at radius 2 is 1.21 bits per heavy atom. The van der Waals surface area contributed by atoms with E-state index in [1.807, 2.05) is 0 Å². The number of benzene rings is 5. The summed E-state index contributed by atoms with van der Waals surface area (Å²) in [6.45, 7) is 0. The lowest BCUT2D eigenvalue weighted by molar-refractivity contribution is 0.259. The van der Waals surface area contributed by atoms with Gasteiger partial charge in [-0.05, 0) is 72.1 Å². The van der Waals surface area contributed by atoms with Gasteiger partial charge in [0.05, 0.1) is 26.9 Å². The van der Waals surface area contributed by atoms with E-state index in [9.17, 15) is 44.3 Å². The second-order valence-corrected chi connectivity index (χ2v) is 13.9. The SMILES string of the molecule is NC(=O)Nc1ccc2cc(S(=O)(=O)O)c(N=Nc3ccc(N=Nc4ccc(S(=O)(=O)O)cc4)c4ccc(S(=O)(=O)O)cc34)c(O)c2c1. The van der Waals surface area contributed by atoms with Crippen molar-refractivity contribution in [1.29, 1.82) is 0 Å². The van der Waals surface area contributed by atoms with Crippen LogP contribution in [-0.2, 0) is 30.4 Å². The first-order valence-corrected chi connectivity index (χ1v) is 17.0. The number of aromatic hydroxyl groups is 1. The van der Waals surface area contributed by atoms with E-state index < -0.39 is 57.6 Å². The highest BCUT2D eigenvalue weighted by Gasteiger charge is 2.23. The summed E-state index contributed by atoms with van der Waals surface area (Å²) in [5, 5.41) is 29.7. The molecular formula is C27H20N6O11S3. The maximum atomic E-state index is 12.3. The Bertz CT molecular complexity index is 2500. The van der Waals surface area contributed by atoms with E-state index >= 15 is 0 Å². The number of fused-ring (bicyclic) bond motifs is 2. The van der Waals surface area contributed by atoms with Crippen LogP contribution in [0.25, 0.3) is 21.5 Å². The topological polar surface area (TPSA) is 288 Å². The summed E-state index contributed by atoms with van der Waals surface area (Å²) < 4.78 is 99.6. The Hall–Kier alpha value is -5.38. The molecule has 0 unspecified atom stereocenters. The molecule has 0 bridgehead atoms. The third-order valence-electron chi connectivity index (χ3n) is 6.50. The van der Waals surface area contributed by atoms with Gasteiger partial charge in [0.2, 0.25) is 0 Å². The zero-order chi connectivity index (χ0) is 34.3. The summed E-state index contributed by atoms with van der Waals surface area (Å²) in [6.07, 6.45) is 0. The number of amides is 2. The van der Waals surface area contributed by atoms with E-state index in [1.165, 1.54) is 48.5 Å². The van der Waals surface area contributed by atoms with Crippen molar-refractivity contribution in [1.82, 2.24) is 0 Å². The molecule has 5 aromatic carbocycles. The van der Waals surface area contributed by atoms with Gasteiger partial charge in [-0.15, -0.1) is 15.3 Å². The van der Waals surface area contributed by atoms with E-state index in [1.54, 1.807) is 0 Å². The largest absolute Gasteiger partial charge is 0.505 e. The maximum absolute atomic E-state index is 12.3. The fraction of sp³-hybridized carbons (Fsp3) is 0. The molecule has 0 atom stereocenters. The monoisotopic (exact) mass is 700 g/mol. The number of rotatable bonds is 8. The number of nitrogens with zero attached hydrogens (tertiary/aromatic N) is 4. The first-order valence-electron chi connectivity index (χ1n) is 12.7. The van der Waals surface area contributed by atoms with E-state index in [0.29, 0.717) is 0 Å². The molecule has 5 rings (SSSR count). The van der Waals surface area contributed by atoms with Crippen LogP contribution in [0.2, 0.25) is 0 Å². The average Bonchev–Trinajstić information content (AvgIpc) is 2.98. The standard InChI is InChI=1S/C27H20N6O11S3/c28-27(35)29-16-2-1-14-11-24(47(42,43)44)25(26(34)20(14)12-16)33-32-23-10-9-22(19-8-7-18(13-21(19)23)46(39,40)41)31-30-15-3-5-17(6-4-15)45(36,37)38/h1-13,34H,(H3,28,29,35)(H,36,37,38)(H,39,40,41)(H,42,43,44). The second-order valence-electron chi connectivity index (χ2n) is 9.63. The van der Waals surface area contributed by atoms with Crippen LogP contribution < -0.4 is 11.1 Å². The normalized spacial score (nSPS) is 12.7. The molecule has 7 N–H and O–H groups in total. The van der Waals surface area contributed by atoms with Gasteiger partial charge in [0.1, 0.15) is 10.6 Å². The molecule has 17 nitrogen and oxygen atoms in total. The predicted octanol–water partition coefficient (Wildman–Crippen LogP) is 5.76. The van der Waals surface area contributed by atoms with Gasteiger partial charge in [-0.1, -0.05) is 12.1 Å². The maximum Gasteiger partial charge on any atom is 0.316 e. The molecule has 0 spiro atoms. The van der Waals surface area contributed by atoms with Gasteiger partial charge >= 0.3 is 6.03 Å². The average molecular weight is 701 g/mol. The number of anilines is 1. The van der Waals surface area contributed by atoms with Gasteiger partial charge in [0.15, 0.2) is 5.75 Å². The van der Waals surface area contributed by atoms with Crippen LogP contribution in [0.15, 0.2) is 114 Å². The molecule has 47 heavy (non-hydrogen) atoms. The van der Waals surface area contributed by atoms with Crippen LogP contribution >= 0.6 is 0 Å². The van der Waals surface area contributed by atoms with Crippen molar-refractivity contribution in [3.05, 3.63) is 78.9 Å². The minimum absolute atomic E-state index is 0.00324. The number of phenolic OH excluding ortho intramolecular Hbond substituents is 1.